The number of hydrogen-bond donors (Lipinski definition) is 0. The van der Waals surface area contributed by atoms with Gasteiger partial charge in [-0.2, -0.15) is 8.42 Å². The maximum atomic E-state index is 11.6. The van der Waals surface area contributed by atoms with Crippen molar-refractivity contribution in [2.24, 2.45) is 0 Å². The first kappa shape index (κ1) is 12.6. The molecule has 0 saturated heterocycles. The lowest BCUT2D eigenvalue weighted by molar-refractivity contribution is 0.374. The van der Waals surface area contributed by atoms with E-state index in [0.717, 1.165) is 0 Å². The van der Waals surface area contributed by atoms with Crippen molar-refractivity contribution >= 4 is 30.2 Å². The molecule has 0 fully saturated rings. The minimum absolute atomic E-state index is 0.0738. The summed E-state index contributed by atoms with van der Waals surface area (Å²) in [5.74, 6) is 0. The lowest BCUT2D eigenvalue weighted by Crippen LogP contribution is -2.07. The topological polar surface area (TPSA) is 60.4 Å². The van der Waals surface area contributed by atoms with E-state index in [1.807, 2.05) is 0 Å². The molecule has 0 spiro atoms. The standard InChI is InChI=1S/C8H8ClO4PS/c1-6-3-2-4-7(9)8(6)15(11,12)13-5-14-10/h2-4H,5H2,1H3. The summed E-state index contributed by atoms with van der Waals surface area (Å²) in [6, 6.07) is 4.71. The van der Waals surface area contributed by atoms with E-state index in [1.165, 1.54) is 6.07 Å². The summed E-state index contributed by atoms with van der Waals surface area (Å²) in [6.07, 6.45) is -0.410. The van der Waals surface area contributed by atoms with E-state index >= 15 is 0 Å². The van der Waals surface area contributed by atoms with Crippen LogP contribution in [0.15, 0.2) is 23.1 Å². The second kappa shape index (κ2) is 5.03. The van der Waals surface area contributed by atoms with Gasteiger partial charge in [0, 0.05) is 0 Å². The van der Waals surface area contributed by atoms with Crippen LogP contribution in [0.25, 0.3) is 0 Å². The second-order valence-corrected chi connectivity index (χ2v) is 5.19. The quantitative estimate of drug-likeness (QED) is 0.621. The van der Waals surface area contributed by atoms with E-state index in [4.69, 9.17) is 11.6 Å². The predicted octanol–water partition coefficient (Wildman–Crippen LogP) is 2.60. The average molecular weight is 267 g/mol. The molecule has 0 aliphatic rings. The van der Waals surface area contributed by atoms with Crippen LogP contribution in [0.4, 0.5) is 0 Å². The van der Waals surface area contributed by atoms with Gasteiger partial charge in [0.25, 0.3) is 10.1 Å². The molecule has 7 heteroatoms. The third kappa shape index (κ3) is 2.98. The Morgan fingerprint density at radius 3 is 2.67 bits per heavy atom. The van der Waals surface area contributed by atoms with Gasteiger partial charge in [-0.15, -0.1) is 0 Å². The Labute approximate surface area is 94.5 Å². The molecule has 0 bridgehead atoms. The van der Waals surface area contributed by atoms with Gasteiger partial charge in [0.1, 0.15) is 11.2 Å². The van der Waals surface area contributed by atoms with Gasteiger partial charge in [0.05, 0.1) is 5.02 Å². The molecule has 0 amide bonds. The van der Waals surface area contributed by atoms with Crippen molar-refractivity contribution in [3.05, 3.63) is 28.8 Å². The highest BCUT2D eigenvalue weighted by atomic mass is 35.5. The molecule has 0 aliphatic carbocycles. The zero-order valence-electron chi connectivity index (χ0n) is 7.81. The van der Waals surface area contributed by atoms with Crippen LogP contribution in [-0.4, -0.2) is 14.8 Å². The van der Waals surface area contributed by atoms with Crippen LogP contribution in [0, 0.1) is 6.92 Å². The van der Waals surface area contributed by atoms with Crippen molar-refractivity contribution in [2.45, 2.75) is 11.8 Å². The fraction of sp³-hybridized carbons (Fsp3) is 0.250. The number of halogens is 1. The Morgan fingerprint density at radius 1 is 1.47 bits per heavy atom. The van der Waals surface area contributed by atoms with Crippen LogP contribution < -0.4 is 0 Å². The summed E-state index contributed by atoms with van der Waals surface area (Å²) >= 11 is 5.75. The van der Waals surface area contributed by atoms with E-state index < -0.39 is 24.9 Å². The Morgan fingerprint density at radius 2 is 2.13 bits per heavy atom. The van der Waals surface area contributed by atoms with Crippen LogP contribution in [0.1, 0.15) is 5.56 Å². The smallest absolute Gasteiger partial charge is 0.272 e. The zero-order valence-corrected chi connectivity index (χ0v) is 10.3. The Balaban J connectivity index is 3.21. The first-order valence-corrected chi connectivity index (χ1v) is 6.71. The van der Waals surface area contributed by atoms with Crippen LogP contribution in [0.5, 0.6) is 0 Å². The highest BCUT2D eigenvalue weighted by Gasteiger charge is 2.21. The van der Waals surface area contributed by atoms with Gasteiger partial charge >= 0.3 is 0 Å². The van der Waals surface area contributed by atoms with Crippen molar-refractivity contribution in [3.63, 3.8) is 0 Å². The van der Waals surface area contributed by atoms with E-state index in [9.17, 15) is 13.0 Å². The fourth-order valence-corrected chi connectivity index (χ4v) is 3.20. The Bertz CT molecular complexity index is 451. The lowest BCUT2D eigenvalue weighted by atomic mass is 10.2. The van der Waals surface area contributed by atoms with E-state index in [1.54, 1.807) is 19.1 Å². The van der Waals surface area contributed by atoms with Gasteiger partial charge in [-0.1, -0.05) is 23.7 Å². The summed E-state index contributed by atoms with van der Waals surface area (Å²) in [7, 11) is -4.31. The highest BCUT2D eigenvalue weighted by molar-refractivity contribution is 7.87. The Hall–Kier alpha value is -0.480. The molecule has 0 atom stereocenters. The minimum Gasteiger partial charge on any atom is -0.272 e. The molecule has 4 nitrogen and oxygen atoms in total. The maximum Gasteiger partial charge on any atom is 0.299 e. The number of aryl methyl sites for hydroxylation is 1. The lowest BCUT2D eigenvalue weighted by Gasteiger charge is -2.07. The van der Waals surface area contributed by atoms with Crippen molar-refractivity contribution < 1.29 is 17.2 Å². The molecule has 1 aromatic rings. The van der Waals surface area contributed by atoms with Crippen LogP contribution >= 0.6 is 20.1 Å². The molecule has 0 unspecified atom stereocenters. The predicted molar refractivity (Wildman–Crippen MR) is 56.9 cm³/mol. The monoisotopic (exact) mass is 266 g/mol. The van der Waals surface area contributed by atoms with Crippen molar-refractivity contribution in [2.75, 3.05) is 6.35 Å². The molecule has 82 valence electrons. The van der Waals surface area contributed by atoms with Crippen LogP contribution in [0.3, 0.4) is 0 Å². The van der Waals surface area contributed by atoms with E-state index in [0.29, 0.717) is 5.56 Å². The van der Waals surface area contributed by atoms with E-state index in [-0.39, 0.29) is 9.92 Å². The molecule has 0 saturated carbocycles. The summed E-state index contributed by atoms with van der Waals surface area (Å²) in [5.41, 5.74) is 0.491. The van der Waals surface area contributed by atoms with Crippen molar-refractivity contribution in [1.29, 1.82) is 0 Å². The molecule has 1 rings (SSSR count). The van der Waals surface area contributed by atoms with Gasteiger partial charge in [-0.25, -0.2) is 0 Å². The Kier molecular flexibility index (Phi) is 4.22. The summed E-state index contributed by atoms with van der Waals surface area (Å²) in [5, 5.41) is 0.0950. The fourth-order valence-electron chi connectivity index (χ4n) is 1.08. The number of rotatable bonds is 4. The first-order valence-electron chi connectivity index (χ1n) is 3.92. The van der Waals surface area contributed by atoms with Gasteiger partial charge in [0.15, 0.2) is 8.46 Å². The van der Waals surface area contributed by atoms with Crippen LogP contribution in [-0.2, 0) is 18.9 Å². The molecular formula is C8H8ClO4PS. The molecule has 0 radical (unpaired) electrons. The molecule has 0 N–H and O–H groups in total. The summed E-state index contributed by atoms with van der Waals surface area (Å²) in [4.78, 5) is -0.0738. The minimum atomic E-state index is -3.92. The van der Waals surface area contributed by atoms with E-state index in [2.05, 4.69) is 4.18 Å². The molecule has 0 aromatic heterocycles. The average Bonchev–Trinajstić information content (AvgIpc) is 2.14. The van der Waals surface area contributed by atoms with Crippen molar-refractivity contribution in [1.82, 2.24) is 0 Å². The largest absolute Gasteiger partial charge is 0.299 e. The van der Waals surface area contributed by atoms with Crippen LogP contribution in [0.2, 0.25) is 5.02 Å². The third-order valence-electron chi connectivity index (χ3n) is 1.67. The second-order valence-electron chi connectivity index (χ2n) is 2.72. The normalized spacial score (nSPS) is 11.9. The van der Waals surface area contributed by atoms with Gasteiger partial charge in [-0.05, 0) is 18.6 Å². The third-order valence-corrected chi connectivity index (χ3v) is 3.98. The number of benzene rings is 1. The van der Waals surface area contributed by atoms with Crippen molar-refractivity contribution in [3.8, 4) is 0 Å². The number of hydrogen-bond acceptors (Lipinski definition) is 4. The SMILES string of the molecule is Cc1cccc(Cl)c1S(=O)(=O)OCP=O. The van der Waals surface area contributed by atoms with Gasteiger partial charge < -0.3 is 0 Å². The summed E-state index contributed by atoms with van der Waals surface area (Å²) < 4.78 is 37.8. The zero-order chi connectivity index (χ0) is 11.5. The molecule has 15 heavy (non-hydrogen) atoms. The maximum absolute atomic E-state index is 11.6. The summed E-state index contributed by atoms with van der Waals surface area (Å²) in [6.45, 7) is 1.61. The molecular weight excluding hydrogens is 259 g/mol. The van der Waals surface area contributed by atoms with Gasteiger partial charge in [-0.3, -0.25) is 8.75 Å². The molecule has 1 aromatic carbocycles. The highest BCUT2D eigenvalue weighted by Crippen LogP contribution is 2.26. The van der Waals surface area contributed by atoms with Gasteiger partial charge in [0.2, 0.25) is 0 Å². The molecule has 0 heterocycles. The molecule has 0 aliphatic heterocycles. The first-order chi connectivity index (χ1) is 6.99.